The number of carbonyl (C=O) groups is 5. The Balaban J connectivity index is 2.77. The molecule has 2 aliphatic heterocycles. The third-order valence-electron chi connectivity index (χ3n) is 7.49. The SMILES string of the molecule is CC(C)[C@H]1C=CN([C@@H]2O[C@H](COC(=O)C(C)(C)C)[C@H](OC(=O)C(C)(C)C)[C@H](OC(=O)C(C)(C)C)[C@H]2OC(=O)C(C)(C)C)C(=O)C1. The van der Waals surface area contributed by atoms with Crippen LogP contribution in [0.15, 0.2) is 12.3 Å². The highest BCUT2D eigenvalue weighted by Gasteiger charge is 2.56. The molecule has 0 saturated carbocycles. The lowest BCUT2D eigenvalue weighted by molar-refractivity contribution is -0.278. The zero-order valence-corrected chi connectivity index (χ0v) is 29.6. The molecule has 45 heavy (non-hydrogen) atoms. The van der Waals surface area contributed by atoms with E-state index in [-0.39, 0.29) is 24.2 Å². The van der Waals surface area contributed by atoms with Gasteiger partial charge in [-0.25, -0.2) is 0 Å². The Hall–Kier alpha value is -2.95. The monoisotopic (exact) mass is 637 g/mol. The second-order valence-electron chi connectivity index (χ2n) is 16.5. The van der Waals surface area contributed by atoms with E-state index in [1.165, 1.54) is 4.90 Å². The minimum absolute atomic E-state index is 0.0218. The predicted molar refractivity (Wildman–Crippen MR) is 166 cm³/mol. The summed E-state index contributed by atoms with van der Waals surface area (Å²) in [5.41, 5.74) is -3.81. The van der Waals surface area contributed by atoms with Crippen molar-refractivity contribution in [2.45, 2.75) is 134 Å². The van der Waals surface area contributed by atoms with Gasteiger partial charge in [-0.3, -0.25) is 28.9 Å². The van der Waals surface area contributed by atoms with E-state index >= 15 is 0 Å². The van der Waals surface area contributed by atoms with Crippen molar-refractivity contribution in [3.8, 4) is 0 Å². The molecule has 2 rings (SSSR count). The van der Waals surface area contributed by atoms with E-state index in [9.17, 15) is 24.0 Å². The number of rotatable bonds is 7. The molecule has 0 N–H and O–H groups in total. The highest BCUT2D eigenvalue weighted by atomic mass is 16.7. The van der Waals surface area contributed by atoms with Crippen LogP contribution in [0.1, 0.15) is 103 Å². The highest BCUT2D eigenvalue weighted by Crippen LogP contribution is 2.37. The number of nitrogens with zero attached hydrogens (tertiary/aromatic N) is 1. The summed E-state index contributed by atoms with van der Waals surface area (Å²) in [5, 5.41) is 0. The van der Waals surface area contributed by atoms with Crippen LogP contribution in [-0.4, -0.2) is 71.9 Å². The van der Waals surface area contributed by atoms with Crippen LogP contribution in [0, 0.1) is 33.5 Å². The molecule has 11 nitrogen and oxygen atoms in total. The first-order valence-electron chi connectivity index (χ1n) is 15.7. The maximum absolute atomic E-state index is 13.6. The molecule has 0 bridgehead atoms. The smallest absolute Gasteiger partial charge is 0.311 e. The minimum atomic E-state index is -1.42. The molecule has 0 radical (unpaired) electrons. The average Bonchev–Trinajstić information content (AvgIpc) is 2.87. The molecule has 256 valence electrons. The second-order valence-corrected chi connectivity index (χ2v) is 16.5. The fourth-order valence-corrected chi connectivity index (χ4v) is 4.28. The number of hydrogen-bond acceptors (Lipinski definition) is 10. The van der Waals surface area contributed by atoms with Crippen molar-refractivity contribution in [3.05, 3.63) is 12.3 Å². The van der Waals surface area contributed by atoms with Crippen LogP contribution in [0.25, 0.3) is 0 Å². The van der Waals surface area contributed by atoms with Gasteiger partial charge in [-0.1, -0.05) is 19.9 Å². The molecule has 0 aliphatic carbocycles. The first-order valence-corrected chi connectivity index (χ1v) is 15.7. The van der Waals surface area contributed by atoms with Gasteiger partial charge in [0.1, 0.15) is 12.7 Å². The molecule has 1 fully saturated rings. The van der Waals surface area contributed by atoms with Crippen molar-refractivity contribution in [2.24, 2.45) is 33.5 Å². The van der Waals surface area contributed by atoms with Gasteiger partial charge >= 0.3 is 23.9 Å². The lowest BCUT2D eigenvalue weighted by atomic mass is 9.89. The Labute approximate surface area is 268 Å². The first-order chi connectivity index (χ1) is 20.2. The van der Waals surface area contributed by atoms with E-state index in [0.717, 1.165) is 0 Å². The quantitative estimate of drug-likeness (QED) is 0.271. The molecular weight excluding hydrogens is 582 g/mol. The van der Waals surface area contributed by atoms with Gasteiger partial charge in [0, 0.05) is 12.6 Å². The third kappa shape index (κ3) is 10.0. The summed E-state index contributed by atoms with van der Waals surface area (Å²) in [5.74, 6) is -2.62. The minimum Gasteiger partial charge on any atom is -0.462 e. The molecular formula is C34H55NO10. The fraction of sp³-hybridized carbons (Fsp3) is 0.794. The number of carbonyl (C=O) groups excluding carboxylic acids is 5. The van der Waals surface area contributed by atoms with Crippen LogP contribution >= 0.6 is 0 Å². The molecule has 2 aliphatic rings. The summed E-state index contributed by atoms with van der Waals surface area (Å²) in [6.45, 7) is 23.6. The fourth-order valence-electron chi connectivity index (χ4n) is 4.28. The maximum Gasteiger partial charge on any atom is 0.311 e. The van der Waals surface area contributed by atoms with Gasteiger partial charge in [0.25, 0.3) is 0 Å². The van der Waals surface area contributed by atoms with Crippen molar-refractivity contribution in [2.75, 3.05) is 6.61 Å². The van der Waals surface area contributed by atoms with E-state index in [4.69, 9.17) is 23.7 Å². The van der Waals surface area contributed by atoms with Crippen molar-refractivity contribution in [1.82, 2.24) is 4.90 Å². The van der Waals surface area contributed by atoms with E-state index in [2.05, 4.69) is 0 Å². The lowest BCUT2D eigenvalue weighted by Gasteiger charge is -2.49. The molecule has 0 unspecified atom stereocenters. The summed E-state index contributed by atoms with van der Waals surface area (Å²) >= 11 is 0. The van der Waals surface area contributed by atoms with Gasteiger partial charge in [0.05, 0.1) is 21.7 Å². The van der Waals surface area contributed by atoms with Gasteiger partial charge in [0.2, 0.25) is 5.91 Å². The van der Waals surface area contributed by atoms with Gasteiger partial charge < -0.3 is 23.7 Å². The Kier molecular flexibility index (Phi) is 11.7. The normalized spacial score (nSPS) is 26.4. The standard InChI is InChI=1S/C34H55NO10/c1-19(2)20-15-16-35(22(36)17-20)26-25(45-30(40)34(12,13)14)24(44-29(39)33(9,10)11)23(43-28(38)32(6,7)8)21(42-26)18-41-27(37)31(3,4)5/h15-16,19-21,23-26H,17-18H2,1-14H3/t20-,21+,23-,24-,25+,26+/m0/s1. The van der Waals surface area contributed by atoms with E-state index in [0.29, 0.717) is 0 Å². The maximum atomic E-state index is 13.6. The van der Waals surface area contributed by atoms with Crippen LogP contribution in [0.3, 0.4) is 0 Å². The Morgan fingerprint density at radius 1 is 0.733 bits per heavy atom. The zero-order chi connectivity index (χ0) is 34.9. The number of hydrogen-bond donors (Lipinski definition) is 0. The lowest BCUT2D eigenvalue weighted by Crippen LogP contribution is -2.67. The number of esters is 4. The van der Waals surface area contributed by atoms with Crippen molar-refractivity contribution in [1.29, 1.82) is 0 Å². The van der Waals surface area contributed by atoms with Crippen LogP contribution in [0.2, 0.25) is 0 Å². The Bertz CT molecular complexity index is 1150. The number of allylic oxidation sites excluding steroid dienone is 1. The highest BCUT2D eigenvalue weighted by molar-refractivity contribution is 5.80. The van der Waals surface area contributed by atoms with Crippen molar-refractivity contribution in [3.63, 3.8) is 0 Å². The van der Waals surface area contributed by atoms with E-state index in [1.54, 1.807) is 89.3 Å². The Morgan fingerprint density at radius 2 is 1.16 bits per heavy atom. The predicted octanol–water partition coefficient (Wildman–Crippen LogP) is 5.19. The van der Waals surface area contributed by atoms with Crippen LogP contribution in [0.4, 0.5) is 0 Å². The van der Waals surface area contributed by atoms with Crippen LogP contribution in [0.5, 0.6) is 0 Å². The molecule has 6 atom stereocenters. The Morgan fingerprint density at radius 3 is 1.56 bits per heavy atom. The number of ether oxygens (including phenoxy) is 5. The summed E-state index contributed by atoms with van der Waals surface area (Å²) < 4.78 is 30.1. The van der Waals surface area contributed by atoms with Crippen LogP contribution < -0.4 is 0 Å². The topological polar surface area (TPSA) is 135 Å². The summed E-state index contributed by atoms with van der Waals surface area (Å²) in [6, 6.07) is 0. The van der Waals surface area contributed by atoms with Gasteiger partial charge in [-0.2, -0.15) is 0 Å². The van der Waals surface area contributed by atoms with Gasteiger partial charge in [-0.05, 0) is 94.9 Å². The van der Waals surface area contributed by atoms with E-state index in [1.807, 2.05) is 19.9 Å². The summed E-state index contributed by atoms with van der Waals surface area (Å²) in [7, 11) is 0. The molecule has 0 aromatic carbocycles. The molecule has 0 spiro atoms. The third-order valence-corrected chi connectivity index (χ3v) is 7.49. The molecule has 11 heteroatoms. The van der Waals surface area contributed by atoms with Gasteiger partial charge in [-0.15, -0.1) is 0 Å². The first kappa shape index (κ1) is 38.2. The van der Waals surface area contributed by atoms with Crippen LogP contribution in [-0.2, 0) is 47.7 Å². The van der Waals surface area contributed by atoms with Gasteiger partial charge in [0.15, 0.2) is 24.5 Å². The summed E-state index contributed by atoms with van der Waals surface area (Å²) in [6.07, 6.45) is -3.04. The molecule has 1 saturated heterocycles. The zero-order valence-electron chi connectivity index (χ0n) is 29.6. The molecule has 2 heterocycles. The largest absolute Gasteiger partial charge is 0.462 e. The van der Waals surface area contributed by atoms with Crippen molar-refractivity contribution >= 4 is 29.8 Å². The molecule has 0 aromatic rings. The molecule has 1 amide bonds. The average molecular weight is 638 g/mol. The van der Waals surface area contributed by atoms with Crippen molar-refractivity contribution < 1.29 is 47.7 Å². The molecule has 0 aromatic heterocycles. The number of amides is 1. The summed E-state index contributed by atoms with van der Waals surface area (Å²) in [4.78, 5) is 67.9. The van der Waals surface area contributed by atoms with E-state index < -0.39 is 82.8 Å². The second kappa shape index (κ2) is 13.8.